The molecule has 0 saturated carbocycles. The molecule has 8 aromatic rings. The van der Waals surface area contributed by atoms with Crippen molar-refractivity contribution in [3.8, 4) is 22.3 Å². The summed E-state index contributed by atoms with van der Waals surface area (Å²) in [4.78, 5) is 20.4. The zero-order chi connectivity index (χ0) is 35.6. The van der Waals surface area contributed by atoms with Crippen LogP contribution in [0.15, 0.2) is 192 Å². The maximum atomic E-state index is 5.33. The predicted molar refractivity (Wildman–Crippen MR) is 218 cm³/mol. The number of fused-ring (bicyclic) bond motifs is 8. The molecular formula is C50H32N4. The third-order valence-corrected chi connectivity index (χ3v) is 11.2. The minimum absolute atomic E-state index is 0.178. The Morgan fingerprint density at radius 3 is 1.00 bits per heavy atom. The highest BCUT2D eigenvalue weighted by Gasteiger charge is 2.31. The smallest absolute Gasteiger partial charge is 0.115 e. The Morgan fingerprint density at radius 1 is 0.315 bits per heavy atom. The Kier molecular flexibility index (Phi) is 6.96. The molecular weight excluding hydrogens is 657 g/mol. The van der Waals surface area contributed by atoms with Crippen molar-refractivity contribution in [2.45, 2.75) is 11.8 Å². The maximum absolute atomic E-state index is 5.33. The van der Waals surface area contributed by atoms with Crippen LogP contribution in [-0.4, -0.2) is 21.4 Å². The molecule has 0 radical (unpaired) electrons. The number of benzene rings is 6. The lowest BCUT2D eigenvalue weighted by Crippen LogP contribution is -2.13. The molecule has 54 heavy (non-hydrogen) atoms. The fourth-order valence-electron chi connectivity index (χ4n) is 8.78. The number of nitrogens with zero attached hydrogens (tertiary/aromatic N) is 4. The van der Waals surface area contributed by atoms with E-state index >= 15 is 0 Å². The highest BCUT2D eigenvalue weighted by molar-refractivity contribution is 6.21. The molecule has 0 bridgehead atoms. The SMILES string of the molecule is c1cnc2c(c1)N=C(c1ccc(C3c4ccccc4-c4ccccc43)cc1)c1ncccc1N=C2c1ccc(C2c3ccccc3-c3ccccc32)cc1. The summed E-state index contributed by atoms with van der Waals surface area (Å²) >= 11 is 0. The summed E-state index contributed by atoms with van der Waals surface area (Å²) < 4.78 is 0. The Balaban J connectivity index is 0.984. The van der Waals surface area contributed by atoms with Gasteiger partial charge >= 0.3 is 0 Å². The van der Waals surface area contributed by atoms with Crippen molar-refractivity contribution >= 4 is 22.8 Å². The molecule has 0 N–H and O–H groups in total. The van der Waals surface area contributed by atoms with Crippen LogP contribution in [0.4, 0.5) is 11.4 Å². The van der Waals surface area contributed by atoms with Crippen LogP contribution in [0.25, 0.3) is 22.3 Å². The van der Waals surface area contributed by atoms with E-state index in [2.05, 4.69) is 146 Å². The second-order valence-corrected chi connectivity index (χ2v) is 14.1. The fourth-order valence-corrected chi connectivity index (χ4v) is 8.78. The topological polar surface area (TPSA) is 50.5 Å². The van der Waals surface area contributed by atoms with E-state index in [1.807, 2.05) is 36.7 Å². The lowest BCUT2D eigenvalue weighted by Gasteiger charge is -2.18. The van der Waals surface area contributed by atoms with Crippen LogP contribution >= 0.6 is 0 Å². The lowest BCUT2D eigenvalue weighted by molar-refractivity contribution is 1.01. The molecule has 0 amide bonds. The lowest BCUT2D eigenvalue weighted by atomic mass is 9.88. The van der Waals surface area contributed by atoms with E-state index in [0.717, 1.165) is 45.3 Å². The van der Waals surface area contributed by atoms with Gasteiger partial charge in [-0.05, 0) is 79.9 Å². The van der Waals surface area contributed by atoms with E-state index in [1.165, 1.54) is 55.6 Å². The van der Waals surface area contributed by atoms with E-state index in [9.17, 15) is 0 Å². The second kappa shape index (κ2) is 12.3. The Hall–Kier alpha value is -7.04. The van der Waals surface area contributed by atoms with E-state index in [1.54, 1.807) is 0 Å². The average Bonchev–Trinajstić information content (AvgIpc) is 3.75. The number of aromatic nitrogens is 2. The normalized spacial score (nSPS) is 14.0. The van der Waals surface area contributed by atoms with Crippen LogP contribution < -0.4 is 0 Å². The van der Waals surface area contributed by atoms with Crippen LogP contribution in [0.3, 0.4) is 0 Å². The van der Waals surface area contributed by atoms with Gasteiger partial charge in [0.1, 0.15) is 11.4 Å². The van der Waals surface area contributed by atoms with Crippen LogP contribution in [0.5, 0.6) is 0 Å². The highest BCUT2D eigenvalue weighted by Crippen LogP contribution is 2.49. The van der Waals surface area contributed by atoms with E-state index in [4.69, 9.17) is 20.0 Å². The second-order valence-electron chi connectivity index (χ2n) is 14.1. The third-order valence-electron chi connectivity index (χ3n) is 11.2. The molecule has 0 unspecified atom stereocenters. The Bertz CT molecular complexity index is 2540. The molecule has 4 heteroatoms. The van der Waals surface area contributed by atoms with Crippen molar-refractivity contribution in [1.29, 1.82) is 0 Å². The van der Waals surface area contributed by atoms with Crippen molar-refractivity contribution in [2.24, 2.45) is 9.98 Å². The first-order valence-electron chi connectivity index (χ1n) is 18.5. The molecule has 3 heterocycles. The summed E-state index contributed by atoms with van der Waals surface area (Å²) in [5.41, 5.74) is 19.6. The molecule has 0 fully saturated rings. The average molecular weight is 689 g/mol. The van der Waals surface area contributed by atoms with Gasteiger partial charge in [-0.1, -0.05) is 146 Å². The van der Waals surface area contributed by atoms with E-state index in [0.29, 0.717) is 0 Å². The summed E-state index contributed by atoms with van der Waals surface area (Å²) in [6.07, 6.45) is 3.64. The van der Waals surface area contributed by atoms with Crippen molar-refractivity contribution in [3.05, 3.63) is 238 Å². The van der Waals surface area contributed by atoms with Gasteiger partial charge in [0.15, 0.2) is 0 Å². The quantitative estimate of drug-likeness (QED) is 0.185. The number of pyridine rings is 2. The fraction of sp³-hybridized carbons (Fsp3) is 0.0400. The van der Waals surface area contributed by atoms with E-state index < -0.39 is 0 Å². The summed E-state index contributed by atoms with van der Waals surface area (Å²) in [5, 5.41) is 0. The van der Waals surface area contributed by atoms with Gasteiger partial charge in [-0.15, -0.1) is 0 Å². The van der Waals surface area contributed by atoms with Gasteiger partial charge in [-0.25, -0.2) is 9.98 Å². The minimum Gasteiger partial charge on any atom is -0.252 e. The first-order valence-corrected chi connectivity index (χ1v) is 18.5. The summed E-state index contributed by atoms with van der Waals surface area (Å²) in [7, 11) is 0. The molecule has 1 aliphatic heterocycles. The largest absolute Gasteiger partial charge is 0.252 e. The van der Waals surface area contributed by atoms with Gasteiger partial charge in [-0.2, -0.15) is 0 Å². The molecule has 0 atom stereocenters. The first-order chi connectivity index (χ1) is 26.8. The minimum atomic E-state index is 0.178. The van der Waals surface area contributed by atoms with Crippen LogP contribution in [0.2, 0.25) is 0 Å². The molecule has 11 rings (SSSR count). The highest BCUT2D eigenvalue weighted by atomic mass is 14.9. The third kappa shape index (κ3) is 4.77. The van der Waals surface area contributed by atoms with Crippen molar-refractivity contribution in [1.82, 2.24) is 9.97 Å². The van der Waals surface area contributed by atoms with Crippen LogP contribution in [0.1, 0.15) is 67.7 Å². The number of rotatable bonds is 4. The predicted octanol–water partition coefficient (Wildman–Crippen LogP) is 11.4. The monoisotopic (exact) mass is 688 g/mol. The van der Waals surface area contributed by atoms with Gasteiger partial charge in [0.05, 0.1) is 22.8 Å². The van der Waals surface area contributed by atoms with Crippen molar-refractivity contribution in [3.63, 3.8) is 0 Å². The number of aliphatic imine (C=N–C) groups is 2. The molecule has 3 aliphatic rings. The molecule has 0 spiro atoms. The summed E-state index contributed by atoms with van der Waals surface area (Å²) in [5.74, 6) is 0.357. The molecule has 6 aromatic carbocycles. The van der Waals surface area contributed by atoms with Gasteiger partial charge < -0.3 is 0 Å². The number of hydrogen-bond acceptors (Lipinski definition) is 4. The van der Waals surface area contributed by atoms with Crippen molar-refractivity contribution < 1.29 is 0 Å². The summed E-state index contributed by atoms with van der Waals surface area (Å²) in [6.45, 7) is 0. The van der Waals surface area contributed by atoms with Gasteiger partial charge in [0.25, 0.3) is 0 Å². The molecule has 4 nitrogen and oxygen atoms in total. The molecule has 0 saturated heterocycles. The van der Waals surface area contributed by atoms with Crippen LogP contribution in [-0.2, 0) is 0 Å². The number of hydrogen-bond donors (Lipinski definition) is 0. The standard InChI is InChI=1S/C50H32N4/c1-5-15-39-35(11-1)36-12-2-6-16-40(36)45(39)31-21-25-33(26-22-31)47-49-43(19-9-29-51-49)54-48(50-44(53-47)20-10-30-52-50)34-27-23-32(24-28-34)46-41-17-7-3-13-37(41)38-14-4-8-18-42(38)46/h1-30,45-46H. The Labute approximate surface area is 314 Å². The molecule has 252 valence electrons. The maximum Gasteiger partial charge on any atom is 0.115 e. The molecule has 2 aromatic heterocycles. The Morgan fingerprint density at radius 2 is 0.648 bits per heavy atom. The van der Waals surface area contributed by atoms with E-state index in [-0.39, 0.29) is 11.8 Å². The van der Waals surface area contributed by atoms with Gasteiger partial charge in [0.2, 0.25) is 0 Å². The van der Waals surface area contributed by atoms with Gasteiger partial charge in [0, 0.05) is 35.4 Å². The zero-order valence-corrected chi connectivity index (χ0v) is 29.3. The molecule has 2 aliphatic carbocycles. The van der Waals surface area contributed by atoms with Crippen molar-refractivity contribution in [2.75, 3.05) is 0 Å². The van der Waals surface area contributed by atoms with Crippen LogP contribution in [0, 0.1) is 0 Å². The first kappa shape index (κ1) is 30.6. The summed E-state index contributed by atoms with van der Waals surface area (Å²) in [6, 6.07) is 60.6. The zero-order valence-electron chi connectivity index (χ0n) is 29.3. The van der Waals surface area contributed by atoms with Gasteiger partial charge in [-0.3, -0.25) is 9.97 Å².